The molecule has 0 saturated carbocycles. The first-order valence-corrected chi connectivity index (χ1v) is 7.30. The maximum Gasteiger partial charge on any atom is 0.322 e. The van der Waals surface area contributed by atoms with Crippen molar-refractivity contribution in [1.29, 1.82) is 0 Å². The highest BCUT2D eigenvalue weighted by Gasteiger charge is 2.29. The minimum absolute atomic E-state index is 0.00708. The van der Waals surface area contributed by atoms with Crippen molar-refractivity contribution in [2.75, 3.05) is 11.9 Å². The number of nitrogens with one attached hydrogen (secondary N) is 1. The predicted octanol–water partition coefficient (Wildman–Crippen LogP) is 2.44. The van der Waals surface area contributed by atoms with Crippen molar-refractivity contribution in [2.24, 2.45) is 7.05 Å². The molecule has 0 aliphatic rings. The van der Waals surface area contributed by atoms with Gasteiger partial charge in [-0.2, -0.15) is 5.10 Å². The number of halogens is 2. The van der Waals surface area contributed by atoms with E-state index in [1.54, 1.807) is 0 Å². The molecular formula is C14H13F2N5O6. The first-order valence-electron chi connectivity index (χ1n) is 7.30. The number of aryl methyl sites for hydroxylation is 2. The van der Waals surface area contributed by atoms with Gasteiger partial charge in [0.25, 0.3) is 18.0 Å². The van der Waals surface area contributed by atoms with Crippen LogP contribution in [-0.2, 0) is 7.05 Å². The van der Waals surface area contributed by atoms with E-state index in [-0.39, 0.29) is 22.8 Å². The molecule has 11 nitrogen and oxygen atoms in total. The van der Waals surface area contributed by atoms with Gasteiger partial charge in [0.15, 0.2) is 0 Å². The fourth-order valence-electron chi connectivity index (χ4n) is 2.31. The number of carbonyl (C=O) groups excluding carboxylic acids is 1. The summed E-state index contributed by atoms with van der Waals surface area (Å²) in [6, 6.07) is 2.96. The van der Waals surface area contributed by atoms with Crippen molar-refractivity contribution in [3.8, 4) is 5.75 Å². The number of anilines is 1. The van der Waals surface area contributed by atoms with Crippen LogP contribution in [0, 0.1) is 27.2 Å². The van der Waals surface area contributed by atoms with Crippen molar-refractivity contribution in [1.82, 2.24) is 9.78 Å². The number of ether oxygens (including phenoxy) is 1. The number of alkyl halides is 2. The number of nitro groups is 2. The summed E-state index contributed by atoms with van der Waals surface area (Å²) in [5.74, 6) is -1.22. The molecule has 13 heteroatoms. The van der Waals surface area contributed by atoms with Gasteiger partial charge in [-0.15, -0.1) is 0 Å². The zero-order valence-corrected chi connectivity index (χ0v) is 14.0. The zero-order valence-electron chi connectivity index (χ0n) is 14.0. The number of benzene rings is 1. The second-order valence-electron chi connectivity index (χ2n) is 5.29. The van der Waals surface area contributed by atoms with Crippen LogP contribution in [0.3, 0.4) is 0 Å². The molecule has 0 fully saturated rings. The van der Waals surface area contributed by atoms with E-state index in [2.05, 4.69) is 10.4 Å². The van der Waals surface area contributed by atoms with Crippen LogP contribution in [-0.4, -0.2) is 38.6 Å². The molecule has 1 amide bonds. The van der Waals surface area contributed by atoms with Crippen molar-refractivity contribution in [3.05, 3.63) is 49.8 Å². The third-order valence-electron chi connectivity index (χ3n) is 3.32. The number of hydrogen-bond acceptors (Lipinski definition) is 7. The Balaban J connectivity index is 2.37. The fraction of sp³-hybridized carbons (Fsp3) is 0.286. The van der Waals surface area contributed by atoms with Crippen molar-refractivity contribution >= 4 is 23.0 Å². The predicted molar refractivity (Wildman–Crippen MR) is 87.1 cm³/mol. The number of non-ortho nitro benzene ring substituents is 1. The molecule has 1 aromatic carbocycles. The standard InChI is InChI=1S/C14H13F2N5O6/c1-7-12(21(25)26)13(19(2)18-7)14(22)17-8-3-9(20(23)24)5-10(4-8)27-6-11(15)16/h3-5,11H,6H2,1-2H3,(H,17,22). The normalized spacial score (nSPS) is 10.7. The molecule has 0 aliphatic carbocycles. The summed E-state index contributed by atoms with van der Waals surface area (Å²) < 4.78 is 30.3. The number of rotatable bonds is 7. The van der Waals surface area contributed by atoms with Crippen molar-refractivity contribution in [3.63, 3.8) is 0 Å². The molecule has 0 spiro atoms. The van der Waals surface area contributed by atoms with Crippen LogP contribution in [0.15, 0.2) is 18.2 Å². The zero-order chi connectivity index (χ0) is 20.3. The summed E-state index contributed by atoms with van der Waals surface area (Å²) in [4.78, 5) is 33.0. The Morgan fingerprint density at radius 2 is 1.96 bits per heavy atom. The third kappa shape index (κ3) is 4.50. The number of nitro benzene ring substituents is 1. The van der Waals surface area contributed by atoms with Crippen LogP contribution in [0.5, 0.6) is 5.75 Å². The Morgan fingerprint density at radius 1 is 1.30 bits per heavy atom. The number of hydrogen-bond donors (Lipinski definition) is 1. The Morgan fingerprint density at radius 3 is 2.52 bits per heavy atom. The lowest BCUT2D eigenvalue weighted by atomic mass is 10.2. The number of aromatic nitrogens is 2. The molecule has 27 heavy (non-hydrogen) atoms. The van der Waals surface area contributed by atoms with Crippen LogP contribution in [0.1, 0.15) is 16.2 Å². The molecule has 1 aromatic heterocycles. The van der Waals surface area contributed by atoms with Crippen molar-refractivity contribution < 1.29 is 28.2 Å². The SMILES string of the molecule is Cc1nn(C)c(C(=O)Nc2cc(OCC(F)F)cc([N+](=O)[O-])c2)c1[N+](=O)[O-]. The van der Waals surface area contributed by atoms with Gasteiger partial charge in [-0.05, 0) is 6.92 Å². The molecule has 1 heterocycles. The Hall–Kier alpha value is -3.64. The Kier molecular flexibility index (Phi) is 5.63. The van der Waals surface area contributed by atoms with Crippen LogP contribution in [0.2, 0.25) is 0 Å². The lowest BCUT2D eigenvalue weighted by Gasteiger charge is -2.09. The Labute approximate surface area is 149 Å². The topological polar surface area (TPSA) is 142 Å². The van der Waals surface area contributed by atoms with Gasteiger partial charge >= 0.3 is 5.69 Å². The number of carbonyl (C=O) groups is 1. The molecule has 0 aliphatic heterocycles. The first-order chi connectivity index (χ1) is 12.6. The summed E-state index contributed by atoms with van der Waals surface area (Å²) in [7, 11) is 1.32. The van der Waals surface area contributed by atoms with Crippen molar-refractivity contribution in [2.45, 2.75) is 13.3 Å². The van der Waals surface area contributed by atoms with Gasteiger partial charge in [0, 0.05) is 19.2 Å². The van der Waals surface area contributed by atoms with E-state index in [9.17, 15) is 33.8 Å². The van der Waals surface area contributed by atoms with Crippen LogP contribution in [0.25, 0.3) is 0 Å². The average Bonchev–Trinajstić information content (AvgIpc) is 2.87. The van der Waals surface area contributed by atoms with E-state index < -0.39 is 40.2 Å². The van der Waals surface area contributed by atoms with Gasteiger partial charge in [0.2, 0.25) is 5.69 Å². The lowest BCUT2D eigenvalue weighted by molar-refractivity contribution is -0.385. The van der Waals surface area contributed by atoms with Crippen LogP contribution >= 0.6 is 0 Å². The van der Waals surface area contributed by atoms with E-state index in [1.165, 1.54) is 14.0 Å². The summed E-state index contributed by atoms with van der Waals surface area (Å²) in [6.07, 6.45) is -2.80. The van der Waals surface area contributed by atoms with E-state index in [4.69, 9.17) is 4.74 Å². The average molecular weight is 385 g/mol. The maximum atomic E-state index is 12.4. The smallest absolute Gasteiger partial charge is 0.322 e. The second-order valence-corrected chi connectivity index (χ2v) is 5.29. The largest absolute Gasteiger partial charge is 0.487 e. The van der Waals surface area contributed by atoms with E-state index >= 15 is 0 Å². The molecule has 2 aromatic rings. The third-order valence-corrected chi connectivity index (χ3v) is 3.32. The number of nitrogens with zero attached hydrogens (tertiary/aromatic N) is 4. The van der Waals surface area contributed by atoms with Crippen LogP contribution in [0.4, 0.5) is 25.8 Å². The molecule has 0 unspecified atom stereocenters. The van der Waals surface area contributed by atoms with Gasteiger partial charge in [0.1, 0.15) is 18.1 Å². The summed E-state index contributed by atoms with van der Waals surface area (Å²) in [5.41, 5.74) is -1.57. The molecule has 0 radical (unpaired) electrons. The second kappa shape index (κ2) is 7.72. The highest BCUT2D eigenvalue weighted by atomic mass is 19.3. The van der Waals surface area contributed by atoms with E-state index in [0.29, 0.717) is 0 Å². The van der Waals surface area contributed by atoms with Gasteiger partial charge in [-0.3, -0.25) is 29.7 Å². The highest BCUT2D eigenvalue weighted by molar-refractivity contribution is 6.06. The van der Waals surface area contributed by atoms with E-state index in [1.807, 2.05) is 0 Å². The monoisotopic (exact) mass is 385 g/mol. The first kappa shape index (κ1) is 19.7. The molecule has 0 atom stereocenters. The lowest BCUT2D eigenvalue weighted by Crippen LogP contribution is -2.18. The Bertz CT molecular complexity index is 914. The van der Waals surface area contributed by atoms with Gasteiger partial charge in [-0.25, -0.2) is 8.78 Å². The quantitative estimate of drug-likeness (QED) is 0.569. The molecule has 1 N–H and O–H groups in total. The molecule has 0 saturated heterocycles. The number of amides is 1. The molecule has 2 rings (SSSR count). The summed E-state index contributed by atoms with van der Waals surface area (Å²) in [5, 5.41) is 28.2. The molecule has 0 bridgehead atoms. The minimum atomic E-state index is -2.80. The van der Waals surface area contributed by atoms with Gasteiger partial charge in [0.05, 0.1) is 21.6 Å². The minimum Gasteiger partial charge on any atom is -0.487 e. The van der Waals surface area contributed by atoms with E-state index in [0.717, 1.165) is 22.9 Å². The highest BCUT2D eigenvalue weighted by Crippen LogP contribution is 2.28. The fourth-order valence-corrected chi connectivity index (χ4v) is 2.31. The van der Waals surface area contributed by atoms with Gasteiger partial charge < -0.3 is 10.1 Å². The summed E-state index contributed by atoms with van der Waals surface area (Å²) in [6.45, 7) is 0.347. The van der Waals surface area contributed by atoms with Crippen LogP contribution < -0.4 is 10.1 Å². The summed E-state index contributed by atoms with van der Waals surface area (Å²) >= 11 is 0. The molecule has 144 valence electrons. The maximum absolute atomic E-state index is 12.4. The molecular weight excluding hydrogens is 372 g/mol. The van der Waals surface area contributed by atoms with Gasteiger partial charge in [-0.1, -0.05) is 0 Å².